The zero-order valence-corrected chi connectivity index (χ0v) is 9.46. The molecule has 1 saturated heterocycles. The number of hydrogen-bond acceptors (Lipinski definition) is 5. The quantitative estimate of drug-likeness (QED) is 0.654. The van der Waals surface area contributed by atoms with Crippen molar-refractivity contribution in [3.63, 3.8) is 0 Å². The number of likely N-dealkylation sites (N-methyl/N-ethyl adjacent to an activating group) is 1. The fraction of sp³-hybridized carbons (Fsp3) is 0.400. The maximum atomic E-state index is 11.7. The number of nitrogens with zero attached hydrogens (tertiary/aromatic N) is 4. The molecule has 90 valence electrons. The molecular weight excluding hydrogens is 222 g/mol. The minimum Gasteiger partial charge on any atom is -0.382 e. The van der Waals surface area contributed by atoms with Crippen molar-refractivity contribution in [1.82, 2.24) is 19.8 Å². The molecule has 0 atom stereocenters. The van der Waals surface area contributed by atoms with Gasteiger partial charge in [-0.05, 0) is 0 Å². The SMILES string of the molecule is CN1CCN(Cc2cnc(N)cn2)C(=O)C1=O. The van der Waals surface area contributed by atoms with Crippen LogP contribution in [0.25, 0.3) is 0 Å². The molecule has 0 aromatic carbocycles. The number of nitrogens with two attached hydrogens (primary N) is 1. The molecule has 7 nitrogen and oxygen atoms in total. The Balaban J connectivity index is 2.07. The van der Waals surface area contributed by atoms with Crippen LogP contribution in [0.3, 0.4) is 0 Å². The standard InChI is InChI=1S/C10H13N5O2/c1-14-2-3-15(10(17)9(14)16)6-7-4-13-8(11)5-12-7/h4-5H,2-3,6H2,1H3,(H2,11,13). The molecule has 0 unspecified atom stereocenters. The number of hydrogen-bond donors (Lipinski definition) is 1. The van der Waals surface area contributed by atoms with Gasteiger partial charge >= 0.3 is 11.8 Å². The lowest BCUT2D eigenvalue weighted by Gasteiger charge is -2.31. The molecule has 0 aliphatic carbocycles. The number of carbonyl (C=O) groups excluding carboxylic acids is 2. The first-order chi connectivity index (χ1) is 8.08. The van der Waals surface area contributed by atoms with Gasteiger partial charge in [-0.2, -0.15) is 0 Å². The van der Waals surface area contributed by atoms with Crippen molar-refractivity contribution in [3.8, 4) is 0 Å². The van der Waals surface area contributed by atoms with Crippen LogP contribution in [0.15, 0.2) is 12.4 Å². The molecule has 1 aromatic rings. The second kappa shape index (κ2) is 4.36. The highest BCUT2D eigenvalue weighted by Gasteiger charge is 2.30. The summed E-state index contributed by atoms with van der Waals surface area (Å²) in [4.78, 5) is 33.9. The van der Waals surface area contributed by atoms with E-state index in [4.69, 9.17) is 5.73 Å². The maximum Gasteiger partial charge on any atom is 0.312 e. The van der Waals surface area contributed by atoms with Crippen LogP contribution in [0.5, 0.6) is 0 Å². The van der Waals surface area contributed by atoms with E-state index in [1.165, 1.54) is 22.2 Å². The molecule has 0 spiro atoms. The summed E-state index contributed by atoms with van der Waals surface area (Å²) in [6.45, 7) is 1.33. The molecule has 1 aromatic heterocycles. The average molecular weight is 235 g/mol. The first-order valence-electron chi connectivity index (χ1n) is 5.18. The third-order valence-electron chi connectivity index (χ3n) is 2.60. The smallest absolute Gasteiger partial charge is 0.312 e. The Labute approximate surface area is 98.2 Å². The van der Waals surface area contributed by atoms with Crippen LogP contribution in [0.2, 0.25) is 0 Å². The summed E-state index contributed by atoms with van der Waals surface area (Å²) in [5, 5.41) is 0. The van der Waals surface area contributed by atoms with Crippen molar-refractivity contribution < 1.29 is 9.59 Å². The minimum absolute atomic E-state index is 0.283. The summed E-state index contributed by atoms with van der Waals surface area (Å²) in [6, 6.07) is 0. The normalized spacial score (nSPS) is 16.5. The average Bonchev–Trinajstić information content (AvgIpc) is 2.33. The molecule has 2 rings (SSSR count). The number of piperazine rings is 1. The minimum atomic E-state index is -0.502. The molecule has 1 fully saturated rings. The van der Waals surface area contributed by atoms with E-state index in [0.29, 0.717) is 24.6 Å². The van der Waals surface area contributed by atoms with Gasteiger partial charge < -0.3 is 15.5 Å². The third-order valence-corrected chi connectivity index (χ3v) is 2.60. The van der Waals surface area contributed by atoms with Crippen molar-refractivity contribution >= 4 is 17.6 Å². The highest BCUT2D eigenvalue weighted by Crippen LogP contribution is 2.07. The highest BCUT2D eigenvalue weighted by atomic mass is 16.2. The van der Waals surface area contributed by atoms with Crippen LogP contribution < -0.4 is 5.73 Å². The lowest BCUT2D eigenvalue weighted by Crippen LogP contribution is -2.52. The number of anilines is 1. The Morgan fingerprint density at radius 2 is 2.00 bits per heavy atom. The van der Waals surface area contributed by atoms with E-state index < -0.39 is 11.8 Å². The Kier molecular flexibility index (Phi) is 2.90. The highest BCUT2D eigenvalue weighted by molar-refractivity contribution is 6.35. The van der Waals surface area contributed by atoms with Gasteiger partial charge in [0.15, 0.2) is 0 Å². The Morgan fingerprint density at radius 1 is 1.24 bits per heavy atom. The molecule has 0 saturated carbocycles. The predicted molar refractivity (Wildman–Crippen MR) is 59.5 cm³/mol. The van der Waals surface area contributed by atoms with E-state index in [-0.39, 0.29) is 6.54 Å². The molecule has 7 heteroatoms. The van der Waals surface area contributed by atoms with Crippen LogP contribution in [0.1, 0.15) is 5.69 Å². The van der Waals surface area contributed by atoms with Crippen molar-refractivity contribution in [2.75, 3.05) is 25.9 Å². The third kappa shape index (κ3) is 2.32. The topological polar surface area (TPSA) is 92.4 Å². The van der Waals surface area contributed by atoms with E-state index in [2.05, 4.69) is 9.97 Å². The summed E-state index contributed by atoms with van der Waals surface area (Å²) in [5.41, 5.74) is 6.03. The van der Waals surface area contributed by atoms with Gasteiger partial charge in [0.2, 0.25) is 0 Å². The van der Waals surface area contributed by atoms with Crippen molar-refractivity contribution in [3.05, 3.63) is 18.1 Å². The predicted octanol–water partition coefficient (Wildman–Crippen LogP) is -1.14. The van der Waals surface area contributed by atoms with Gasteiger partial charge in [-0.25, -0.2) is 4.98 Å². The monoisotopic (exact) mass is 235 g/mol. The van der Waals surface area contributed by atoms with E-state index in [9.17, 15) is 9.59 Å². The van der Waals surface area contributed by atoms with Gasteiger partial charge in [0.25, 0.3) is 0 Å². The van der Waals surface area contributed by atoms with Crippen LogP contribution >= 0.6 is 0 Å². The number of nitrogen functional groups attached to an aromatic ring is 1. The lowest BCUT2D eigenvalue weighted by atomic mass is 10.3. The van der Waals surface area contributed by atoms with Gasteiger partial charge in [0.1, 0.15) is 5.82 Å². The van der Waals surface area contributed by atoms with Crippen LogP contribution in [-0.4, -0.2) is 51.7 Å². The zero-order chi connectivity index (χ0) is 12.4. The number of rotatable bonds is 2. The van der Waals surface area contributed by atoms with E-state index >= 15 is 0 Å². The fourth-order valence-corrected chi connectivity index (χ4v) is 1.57. The maximum absolute atomic E-state index is 11.7. The van der Waals surface area contributed by atoms with Crippen LogP contribution in [-0.2, 0) is 16.1 Å². The number of carbonyl (C=O) groups is 2. The molecule has 2 amide bonds. The first-order valence-corrected chi connectivity index (χ1v) is 5.18. The van der Waals surface area contributed by atoms with Crippen molar-refractivity contribution in [1.29, 1.82) is 0 Å². The molecule has 2 N–H and O–H groups in total. The molecule has 1 aliphatic rings. The van der Waals surface area contributed by atoms with Gasteiger partial charge in [-0.15, -0.1) is 0 Å². The Hall–Kier alpha value is -2.18. The summed E-state index contributed by atoms with van der Waals surface area (Å²) in [6.07, 6.45) is 2.93. The zero-order valence-electron chi connectivity index (χ0n) is 9.46. The molecular formula is C10H13N5O2. The Morgan fingerprint density at radius 3 is 2.65 bits per heavy atom. The lowest BCUT2D eigenvalue weighted by molar-refractivity contribution is -0.155. The van der Waals surface area contributed by atoms with Gasteiger partial charge in [-0.3, -0.25) is 14.6 Å². The van der Waals surface area contributed by atoms with Crippen molar-refractivity contribution in [2.24, 2.45) is 0 Å². The molecule has 0 radical (unpaired) electrons. The number of aromatic nitrogens is 2. The van der Waals surface area contributed by atoms with Gasteiger partial charge in [0, 0.05) is 20.1 Å². The van der Waals surface area contributed by atoms with Crippen LogP contribution in [0.4, 0.5) is 5.82 Å². The molecule has 1 aliphatic heterocycles. The summed E-state index contributed by atoms with van der Waals surface area (Å²) in [5.74, 6) is -0.661. The molecule has 2 heterocycles. The largest absolute Gasteiger partial charge is 0.382 e. The van der Waals surface area contributed by atoms with E-state index in [0.717, 1.165) is 0 Å². The van der Waals surface area contributed by atoms with Crippen LogP contribution in [0, 0.1) is 0 Å². The van der Waals surface area contributed by atoms with E-state index in [1.807, 2.05) is 0 Å². The second-order valence-electron chi connectivity index (χ2n) is 3.89. The summed E-state index contributed by atoms with van der Waals surface area (Å²) >= 11 is 0. The van der Waals surface area contributed by atoms with Crippen molar-refractivity contribution in [2.45, 2.75) is 6.54 Å². The van der Waals surface area contributed by atoms with Gasteiger partial charge in [-0.1, -0.05) is 0 Å². The fourth-order valence-electron chi connectivity index (χ4n) is 1.57. The number of amides is 2. The van der Waals surface area contributed by atoms with Gasteiger partial charge in [0.05, 0.1) is 24.6 Å². The first kappa shape index (κ1) is 11.3. The molecule has 0 bridgehead atoms. The Bertz CT molecular complexity index is 445. The van der Waals surface area contributed by atoms with E-state index in [1.54, 1.807) is 7.05 Å². The summed E-state index contributed by atoms with van der Waals surface area (Å²) in [7, 11) is 1.61. The second-order valence-corrected chi connectivity index (χ2v) is 3.89. The molecule has 17 heavy (non-hydrogen) atoms. The summed E-state index contributed by atoms with van der Waals surface area (Å²) < 4.78 is 0.